The van der Waals surface area contributed by atoms with Crippen molar-refractivity contribution in [3.05, 3.63) is 114 Å². The van der Waals surface area contributed by atoms with E-state index < -0.39 is 27.7 Å². The fraction of sp³-hybridized carbons (Fsp3) is 0.103. The van der Waals surface area contributed by atoms with E-state index in [0.717, 1.165) is 3.97 Å². The number of halogens is 1. The number of rotatable bonds is 4. The van der Waals surface area contributed by atoms with E-state index in [1.807, 2.05) is 0 Å². The van der Waals surface area contributed by atoms with E-state index in [9.17, 15) is 22.4 Å². The predicted octanol–water partition coefficient (Wildman–Crippen LogP) is 3.99. The highest BCUT2D eigenvalue weighted by Gasteiger charge is 2.31. The first-order valence-corrected chi connectivity index (χ1v) is 13.9. The third kappa shape index (κ3) is 4.60. The Hall–Kier alpha value is -4.90. The van der Waals surface area contributed by atoms with Crippen molar-refractivity contribution in [1.82, 2.24) is 14.2 Å². The Kier molecular flexibility index (Phi) is 6.35. The van der Waals surface area contributed by atoms with E-state index >= 15 is 0 Å². The Balaban J connectivity index is 1.28. The highest BCUT2D eigenvalue weighted by Crippen LogP contribution is 2.28. The molecule has 2 aliphatic rings. The van der Waals surface area contributed by atoms with E-state index in [0.29, 0.717) is 28.6 Å². The van der Waals surface area contributed by atoms with Gasteiger partial charge in [0, 0.05) is 35.7 Å². The van der Waals surface area contributed by atoms with E-state index in [1.54, 1.807) is 54.7 Å². The SMILES string of the molecule is O=C(NC1=NCC2=CN(C(=O)c3cc4ccccc4n3S(=O)(=O)c3ccccc3)CCC2=N1)c1ccc(F)cc1. The van der Waals surface area contributed by atoms with Crippen LogP contribution in [0.5, 0.6) is 0 Å². The molecular weight excluding hydrogens is 533 g/mol. The summed E-state index contributed by atoms with van der Waals surface area (Å²) in [6, 6.07) is 21.7. The van der Waals surface area contributed by atoms with Gasteiger partial charge in [-0.1, -0.05) is 36.4 Å². The van der Waals surface area contributed by atoms with Gasteiger partial charge in [-0.15, -0.1) is 0 Å². The number of hydrogen-bond donors (Lipinski definition) is 1. The minimum absolute atomic E-state index is 0.0221. The Morgan fingerprint density at radius 1 is 0.925 bits per heavy atom. The molecule has 0 unspecified atom stereocenters. The van der Waals surface area contributed by atoms with Crippen LogP contribution in [-0.4, -0.2) is 53.9 Å². The summed E-state index contributed by atoms with van der Waals surface area (Å²) >= 11 is 0. The van der Waals surface area contributed by atoms with Crippen molar-refractivity contribution in [2.24, 2.45) is 9.98 Å². The van der Waals surface area contributed by atoms with Crippen LogP contribution in [0.2, 0.25) is 0 Å². The Bertz CT molecular complexity index is 1860. The zero-order chi connectivity index (χ0) is 27.9. The minimum Gasteiger partial charge on any atom is -0.313 e. The van der Waals surface area contributed by atoms with E-state index in [-0.39, 0.29) is 35.2 Å². The van der Waals surface area contributed by atoms with Gasteiger partial charge in [-0.05, 0) is 48.5 Å². The fourth-order valence-corrected chi connectivity index (χ4v) is 6.21. The molecule has 0 saturated heterocycles. The summed E-state index contributed by atoms with van der Waals surface area (Å²) in [4.78, 5) is 36.5. The Labute approximate surface area is 229 Å². The number of carbonyl (C=O) groups excluding carboxylic acids is 2. The second-order valence-electron chi connectivity index (χ2n) is 9.23. The van der Waals surface area contributed by atoms with Crippen molar-refractivity contribution in [2.45, 2.75) is 11.3 Å². The van der Waals surface area contributed by atoms with Crippen molar-refractivity contribution in [3.63, 3.8) is 0 Å². The van der Waals surface area contributed by atoms with Crippen LogP contribution < -0.4 is 5.32 Å². The van der Waals surface area contributed by atoms with E-state index in [1.165, 1.54) is 41.3 Å². The summed E-state index contributed by atoms with van der Waals surface area (Å²) in [7, 11) is -4.06. The number of carbonyl (C=O) groups is 2. The van der Waals surface area contributed by atoms with Crippen molar-refractivity contribution in [3.8, 4) is 0 Å². The smallest absolute Gasteiger partial charge is 0.275 e. The molecule has 2 amide bonds. The molecule has 0 radical (unpaired) electrons. The maximum Gasteiger partial charge on any atom is 0.275 e. The number of aromatic nitrogens is 1. The molecule has 6 rings (SSSR count). The topological polar surface area (TPSA) is 113 Å². The first-order chi connectivity index (χ1) is 19.3. The number of nitrogens with one attached hydrogen (secondary N) is 1. The van der Waals surface area contributed by atoms with Crippen LogP contribution >= 0.6 is 0 Å². The fourth-order valence-electron chi connectivity index (χ4n) is 4.68. The predicted molar refractivity (Wildman–Crippen MR) is 148 cm³/mol. The number of amides is 2. The van der Waals surface area contributed by atoms with Crippen molar-refractivity contribution in [2.75, 3.05) is 13.1 Å². The summed E-state index contributed by atoms with van der Waals surface area (Å²) in [6.45, 7) is 0.431. The maximum atomic E-state index is 13.8. The summed E-state index contributed by atoms with van der Waals surface area (Å²) < 4.78 is 41.6. The molecule has 0 bridgehead atoms. The largest absolute Gasteiger partial charge is 0.313 e. The van der Waals surface area contributed by atoms with Gasteiger partial charge in [0.25, 0.3) is 21.8 Å². The lowest BCUT2D eigenvalue weighted by Crippen LogP contribution is -2.38. The average Bonchev–Trinajstić information content (AvgIpc) is 3.38. The number of benzene rings is 3. The van der Waals surface area contributed by atoms with Gasteiger partial charge >= 0.3 is 0 Å². The summed E-state index contributed by atoms with van der Waals surface area (Å²) in [6.07, 6.45) is 2.01. The molecule has 3 aromatic carbocycles. The van der Waals surface area contributed by atoms with Crippen LogP contribution in [0.15, 0.2) is 112 Å². The molecule has 0 aliphatic carbocycles. The van der Waals surface area contributed by atoms with Gasteiger partial charge in [0.05, 0.1) is 22.7 Å². The molecule has 0 atom stereocenters. The van der Waals surface area contributed by atoms with Crippen molar-refractivity contribution < 1.29 is 22.4 Å². The van der Waals surface area contributed by atoms with Crippen LogP contribution in [0.4, 0.5) is 4.39 Å². The molecule has 9 nitrogen and oxygen atoms in total. The van der Waals surface area contributed by atoms with Gasteiger partial charge in [-0.25, -0.2) is 26.8 Å². The molecule has 3 heterocycles. The van der Waals surface area contributed by atoms with Gasteiger partial charge in [0.1, 0.15) is 11.5 Å². The van der Waals surface area contributed by atoms with Crippen LogP contribution in [-0.2, 0) is 10.0 Å². The maximum absolute atomic E-state index is 13.8. The third-order valence-corrected chi connectivity index (χ3v) is 8.41. The van der Waals surface area contributed by atoms with Crippen molar-refractivity contribution >= 4 is 44.4 Å². The zero-order valence-corrected chi connectivity index (χ0v) is 21.8. The molecule has 200 valence electrons. The number of fused-ring (bicyclic) bond motifs is 2. The van der Waals surface area contributed by atoms with Crippen LogP contribution in [0.25, 0.3) is 10.9 Å². The summed E-state index contributed by atoms with van der Waals surface area (Å²) in [5.41, 5.74) is 2.06. The first kappa shape index (κ1) is 25.4. The Morgan fingerprint density at radius 3 is 2.42 bits per heavy atom. The quantitative estimate of drug-likeness (QED) is 0.410. The van der Waals surface area contributed by atoms with Crippen LogP contribution in [0, 0.1) is 5.82 Å². The van der Waals surface area contributed by atoms with Gasteiger partial charge in [-0.2, -0.15) is 0 Å². The van der Waals surface area contributed by atoms with E-state index in [2.05, 4.69) is 15.3 Å². The lowest BCUT2D eigenvalue weighted by molar-refractivity contribution is 0.0815. The highest BCUT2D eigenvalue weighted by atomic mass is 32.2. The van der Waals surface area contributed by atoms with Gasteiger partial charge in [-0.3, -0.25) is 14.9 Å². The second-order valence-corrected chi connectivity index (χ2v) is 11.0. The lowest BCUT2D eigenvalue weighted by atomic mass is 10.0. The summed E-state index contributed by atoms with van der Waals surface area (Å²) in [5, 5.41) is 3.25. The number of guanidine groups is 1. The van der Waals surface area contributed by atoms with E-state index in [4.69, 9.17) is 0 Å². The van der Waals surface area contributed by atoms with Gasteiger partial charge in [0.15, 0.2) is 0 Å². The lowest BCUT2D eigenvalue weighted by Gasteiger charge is -2.28. The second kappa shape index (κ2) is 10.0. The molecule has 0 saturated carbocycles. The van der Waals surface area contributed by atoms with Gasteiger partial charge in [0.2, 0.25) is 5.96 Å². The first-order valence-electron chi connectivity index (χ1n) is 12.4. The third-order valence-electron chi connectivity index (χ3n) is 6.67. The molecule has 40 heavy (non-hydrogen) atoms. The number of aliphatic imine (C=N–C) groups is 2. The average molecular weight is 556 g/mol. The molecule has 0 spiro atoms. The van der Waals surface area contributed by atoms with Crippen molar-refractivity contribution in [1.29, 1.82) is 0 Å². The number of para-hydroxylation sites is 1. The standard InChI is InChI=1S/C29H22FN5O4S/c30-22-12-10-19(11-13-22)27(36)33-29-31-17-21-18-34(15-14-24(21)32-29)28(37)26-16-20-6-4-5-9-25(20)35(26)40(38,39)23-7-2-1-3-8-23/h1-13,16,18H,14-15,17H2,(H,31,33,36). The normalized spacial score (nSPS) is 15.1. The molecular formula is C29H22FN5O4S. The van der Waals surface area contributed by atoms with Crippen LogP contribution in [0.3, 0.4) is 0 Å². The number of nitrogens with zero attached hydrogens (tertiary/aromatic N) is 4. The molecule has 2 aliphatic heterocycles. The molecule has 11 heteroatoms. The monoisotopic (exact) mass is 555 g/mol. The summed E-state index contributed by atoms with van der Waals surface area (Å²) in [5.74, 6) is -1.24. The van der Waals surface area contributed by atoms with Crippen LogP contribution in [0.1, 0.15) is 27.3 Å². The number of hydrogen-bond acceptors (Lipinski definition) is 6. The molecule has 4 aromatic rings. The zero-order valence-electron chi connectivity index (χ0n) is 21.0. The molecule has 1 aromatic heterocycles. The van der Waals surface area contributed by atoms with Gasteiger partial charge < -0.3 is 4.90 Å². The molecule has 1 N–H and O–H groups in total. The Morgan fingerprint density at radius 2 is 1.65 bits per heavy atom. The minimum atomic E-state index is -4.06. The highest BCUT2D eigenvalue weighted by molar-refractivity contribution is 7.90. The molecule has 0 fully saturated rings.